The lowest BCUT2D eigenvalue weighted by Gasteiger charge is -2.23. The summed E-state index contributed by atoms with van der Waals surface area (Å²) in [5.41, 5.74) is 0. The number of hydrogen-bond acceptors (Lipinski definition) is 2. The van der Waals surface area contributed by atoms with Crippen molar-refractivity contribution in [2.75, 3.05) is 0 Å². The summed E-state index contributed by atoms with van der Waals surface area (Å²) >= 11 is 1.85. The normalized spacial score (nSPS) is 12.4. The zero-order chi connectivity index (χ0) is 36.3. The van der Waals surface area contributed by atoms with Crippen LogP contribution in [0.5, 0.6) is 0 Å². The van der Waals surface area contributed by atoms with Crippen molar-refractivity contribution in [2.24, 2.45) is 0 Å². The molecule has 12 rings (SSSR count). The van der Waals surface area contributed by atoms with Crippen LogP contribution in [0.2, 0.25) is 0 Å². The highest BCUT2D eigenvalue weighted by Crippen LogP contribution is 2.47. The van der Waals surface area contributed by atoms with Gasteiger partial charge in [-0.1, -0.05) is 152 Å². The highest BCUT2D eigenvalue weighted by molar-refractivity contribution is 7.85. The lowest BCUT2D eigenvalue weighted by molar-refractivity contribution is 0.592. The van der Waals surface area contributed by atoms with Crippen molar-refractivity contribution in [3.8, 4) is 0 Å². The minimum Gasteiger partial charge on any atom is -0.309 e. The Morgan fingerprint density at radius 1 is 0.273 bits per heavy atom. The monoisotopic (exact) mass is 734 g/mol. The van der Waals surface area contributed by atoms with Gasteiger partial charge in [-0.2, -0.15) is 0 Å². The SMILES string of the molecule is O=P(c1ccc2ccc3ccccc3c2c1)(c1ccc2ccc3ccccc3c2c1)c1ccc2c(c1)c1ccccc1c1cc3c(cc21)sc1ccccc13. The Labute approximate surface area is 321 Å². The molecule has 1 nitrogen and oxygen atoms in total. The number of fused-ring (bicyclic) bond motifs is 15. The molecule has 1 aromatic heterocycles. The van der Waals surface area contributed by atoms with Gasteiger partial charge in [-0.15, -0.1) is 11.3 Å². The largest absolute Gasteiger partial charge is 0.309 e. The maximum atomic E-state index is 16.7. The predicted molar refractivity (Wildman–Crippen MR) is 241 cm³/mol. The number of thiophene rings is 1. The van der Waals surface area contributed by atoms with Crippen molar-refractivity contribution >= 4 is 130 Å². The lowest BCUT2D eigenvalue weighted by Crippen LogP contribution is -2.25. The van der Waals surface area contributed by atoms with Crippen LogP contribution < -0.4 is 15.9 Å². The molecule has 0 radical (unpaired) electrons. The third kappa shape index (κ3) is 4.50. The summed E-state index contributed by atoms with van der Waals surface area (Å²) in [7, 11) is -3.44. The van der Waals surface area contributed by atoms with Crippen molar-refractivity contribution in [3.05, 3.63) is 188 Å². The van der Waals surface area contributed by atoms with Crippen LogP contribution in [0.3, 0.4) is 0 Å². The predicted octanol–water partition coefficient (Wildman–Crippen LogP) is 13.8. The second-order valence-electron chi connectivity index (χ2n) is 14.8. The smallest absolute Gasteiger partial charge is 0.171 e. The zero-order valence-corrected chi connectivity index (χ0v) is 31.4. The first-order chi connectivity index (χ1) is 27.1. The van der Waals surface area contributed by atoms with Crippen molar-refractivity contribution in [1.29, 1.82) is 0 Å². The first kappa shape index (κ1) is 31.1. The molecule has 0 atom stereocenters. The fraction of sp³-hybridized carbons (Fsp3) is 0. The quantitative estimate of drug-likeness (QED) is 0.130. The average Bonchev–Trinajstić information content (AvgIpc) is 3.62. The average molecular weight is 735 g/mol. The van der Waals surface area contributed by atoms with Crippen molar-refractivity contribution in [2.45, 2.75) is 0 Å². The van der Waals surface area contributed by atoms with Gasteiger partial charge in [0.25, 0.3) is 0 Å². The summed E-state index contributed by atoms with van der Waals surface area (Å²) in [6.07, 6.45) is 0. The van der Waals surface area contributed by atoms with Gasteiger partial charge < -0.3 is 4.57 Å². The number of rotatable bonds is 3. The Bertz CT molecular complexity index is 3530. The van der Waals surface area contributed by atoms with Crippen LogP contribution in [-0.2, 0) is 4.57 Å². The van der Waals surface area contributed by atoms with Gasteiger partial charge in [0, 0.05) is 36.1 Å². The Morgan fingerprint density at radius 3 is 1.27 bits per heavy atom. The number of hydrogen-bond donors (Lipinski definition) is 0. The summed E-state index contributed by atoms with van der Waals surface area (Å²) in [6, 6.07) is 67.5. The highest BCUT2D eigenvalue weighted by Gasteiger charge is 2.31. The van der Waals surface area contributed by atoms with E-state index < -0.39 is 7.14 Å². The molecule has 0 N–H and O–H groups in total. The Hall–Kier alpha value is -6.31. The van der Waals surface area contributed by atoms with Gasteiger partial charge in [0.15, 0.2) is 7.14 Å². The first-order valence-electron chi connectivity index (χ1n) is 18.8. The lowest BCUT2D eigenvalue weighted by atomic mass is 9.93. The molecule has 256 valence electrons. The zero-order valence-electron chi connectivity index (χ0n) is 29.7. The second kappa shape index (κ2) is 11.6. The van der Waals surface area contributed by atoms with Crippen molar-refractivity contribution < 1.29 is 4.57 Å². The molecule has 0 aliphatic rings. The molecule has 12 aromatic rings. The molecule has 0 saturated heterocycles. The van der Waals surface area contributed by atoms with E-state index >= 15 is 4.57 Å². The Balaban J connectivity index is 1.18. The van der Waals surface area contributed by atoms with Gasteiger partial charge in [-0.05, 0) is 112 Å². The van der Waals surface area contributed by atoms with Gasteiger partial charge >= 0.3 is 0 Å². The van der Waals surface area contributed by atoms with E-state index in [4.69, 9.17) is 0 Å². The third-order valence-corrected chi connectivity index (χ3v) is 16.0. The molecule has 0 bridgehead atoms. The van der Waals surface area contributed by atoms with E-state index in [0.717, 1.165) is 42.8 Å². The van der Waals surface area contributed by atoms with Crippen molar-refractivity contribution in [3.63, 3.8) is 0 Å². The fourth-order valence-corrected chi connectivity index (χ4v) is 13.0. The Kier molecular flexibility index (Phi) is 6.55. The van der Waals surface area contributed by atoms with E-state index in [1.165, 1.54) is 68.6 Å². The molecule has 0 fully saturated rings. The third-order valence-electron chi connectivity index (χ3n) is 11.9. The molecule has 0 aliphatic carbocycles. The van der Waals surface area contributed by atoms with Crippen LogP contribution >= 0.6 is 18.5 Å². The standard InChI is InChI=1S/C52H31OPS/c53-54(36-23-21-34-19-17-32-9-1-3-11-39(32)45(34)27-36,37-24-22-35-20-18-33-10-2-4-12-40(33)46(35)28-37)38-25-26-43-47(29-38)41-13-5-6-14-42(41)48-30-50-44-15-7-8-16-51(44)55-52(50)31-49(43)48/h1-31H. The van der Waals surface area contributed by atoms with Crippen LogP contribution in [0.25, 0.3) is 95.6 Å². The fourth-order valence-electron chi connectivity index (χ4n) is 9.17. The summed E-state index contributed by atoms with van der Waals surface area (Å²) in [6.45, 7) is 0. The van der Waals surface area contributed by atoms with E-state index in [1.54, 1.807) is 0 Å². The van der Waals surface area contributed by atoms with Crippen molar-refractivity contribution in [1.82, 2.24) is 0 Å². The highest BCUT2D eigenvalue weighted by atomic mass is 32.1. The van der Waals surface area contributed by atoms with E-state index in [0.29, 0.717) is 0 Å². The van der Waals surface area contributed by atoms with Gasteiger partial charge in [0.2, 0.25) is 0 Å². The van der Waals surface area contributed by atoms with Crippen LogP contribution in [0, 0.1) is 0 Å². The maximum Gasteiger partial charge on any atom is 0.171 e. The first-order valence-corrected chi connectivity index (χ1v) is 21.3. The molecular formula is C52H31OPS. The minimum absolute atomic E-state index is 0.839. The summed E-state index contributed by atoms with van der Waals surface area (Å²) in [5.74, 6) is 0. The molecule has 0 saturated carbocycles. The van der Waals surface area contributed by atoms with E-state index in [2.05, 4.69) is 188 Å². The van der Waals surface area contributed by atoms with E-state index in [1.807, 2.05) is 11.3 Å². The topological polar surface area (TPSA) is 17.1 Å². The molecular weight excluding hydrogens is 704 g/mol. The Morgan fingerprint density at radius 2 is 0.673 bits per heavy atom. The second-order valence-corrected chi connectivity index (χ2v) is 18.6. The molecule has 11 aromatic carbocycles. The molecule has 1 heterocycles. The summed E-state index contributed by atoms with van der Waals surface area (Å²) in [4.78, 5) is 0. The summed E-state index contributed by atoms with van der Waals surface area (Å²) in [5, 5.41) is 21.5. The van der Waals surface area contributed by atoms with E-state index in [-0.39, 0.29) is 0 Å². The minimum atomic E-state index is -3.44. The molecule has 0 spiro atoms. The van der Waals surface area contributed by atoms with Crippen LogP contribution in [0.4, 0.5) is 0 Å². The van der Waals surface area contributed by atoms with Gasteiger partial charge in [-0.3, -0.25) is 0 Å². The molecule has 3 heteroatoms. The molecule has 0 amide bonds. The molecule has 0 unspecified atom stereocenters. The van der Waals surface area contributed by atoms with Crippen LogP contribution in [0.15, 0.2) is 188 Å². The molecule has 55 heavy (non-hydrogen) atoms. The maximum absolute atomic E-state index is 16.7. The molecule has 0 aliphatic heterocycles. The van der Waals surface area contributed by atoms with Gasteiger partial charge in [-0.25, -0.2) is 0 Å². The summed E-state index contributed by atoms with van der Waals surface area (Å²) < 4.78 is 19.3. The van der Waals surface area contributed by atoms with Crippen LogP contribution in [-0.4, -0.2) is 0 Å². The van der Waals surface area contributed by atoms with Crippen LogP contribution in [0.1, 0.15) is 0 Å². The number of benzene rings is 11. The van der Waals surface area contributed by atoms with E-state index in [9.17, 15) is 0 Å². The van der Waals surface area contributed by atoms with Gasteiger partial charge in [0.05, 0.1) is 0 Å². The van der Waals surface area contributed by atoms with Gasteiger partial charge in [0.1, 0.15) is 0 Å².